The Hall–Kier alpha value is -2.50. The van der Waals surface area contributed by atoms with Gasteiger partial charge in [0.05, 0.1) is 0 Å². The van der Waals surface area contributed by atoms with Crippen molar-refractivity contribution in [2.45, 2.75) is 26.2 Å². The van der Waals surface area contributed by atoms with E-state index in [-0.39, 0.29) is 5.91 Å². The fraction of sp³-hybridized carbons (Fsp3) is 0.375. The van der Waals surface area contributed by atoms with Crippen molar-refractivity contribution in [2.24, 2.45) is 0 Å². The molecule has 1 aliphatic rings. The van der Waals surface area contributed by atoms with Crippen LogP contribution in [-0.4, -0.2) is 33.9 Å². The summed E-state index contributed by atoms with van der Waals surface area (Å²) in [5.41, 5.74) is 1.41. The first-order chi connectivity index (χ1) is 10.7. The van der Waals surface area contributed by atoms with Gasteiger partial charge in [0.25, 0.3) is 5.91 Å². The predicted molar refractivity (Wildman–Crippen MR) is 85.0 cm³/mol. The van der Waals surface area contributed by atoms with Gasteiger partial charge in [-0.25, -0.2) is 15.0 Å². The van der Waals surface area contributed by atoms with Crippen molar-refractivity contribution < 1.29 is 4.79 Å². The van der Waals surface area contributed by atoms with Gasteiger partial charge >= 0.3 is 0 Å². The van der Waals surface area contributed by atoms with Crippen LogP contribution in [0.25, 0.3) is 0 Å². The molecule has 0 bridgehead atoms. The lowest BCUT2D eigenvalue weighted by molar-refractivity contribution is 0.102. The van der Waals surface area contributed by atoms with Gasteiger partial charge in [-0.3, -0.25) is 4.79 Å². The molecule has 3 heterocycles. The number of anilines is 2. The second kappa shape index (κ2) is 6.51. The van der Waals surface area contributed by atoms with Gasteiger partial charge < -0.3 is 10.2 Å². The van der Waals surface area contributed by atoms with Gasteiger partial charge in [-0.2, -0.15) is 0 Å². The number of hydrogen-bond donors (Lipinski definition) is 1. The highest BCUT2D eigenvalue weighted by molar-refractivity contribution is 6.02. The van der Waals surface area contributed by atoms with Crippen LogP contribution in [0, 0.1) is 6.92 Å². The Bertz CT molecular complexity index is 650. The van der Waals surface area contributed by atoms with Crippen LogP contribution in [0.1, 0.15) is 35.3 Å². The molecule has 2 aromatic rings. The number of pyridine rings is 1. The molecule has 22 heavy (non-hydrogen) atoms. The van der Waals surface area contributed by atoms with Crippen LogP contribution in [0.5, 0.6) is 0 Å². The molecule has 6 nitrogen and oxygen atoms in total. The van der Waals surface area contributed by atoms with Crippen molar-refractivity contribution in [2.75, 3.05) is 23.3 Å². The summed E-state index contributed by atoms with van der Waals surface area (Å²) in [5, 5.41) is 2.76. The largest absolute Gasteiger partial charge is 0.357 e. The summed E-state index contributed by atoms with van der Waals surface area (Å²) in [4.78, 5) is 27.0. The predicted octanol–water partition coefficient (Wildman–Crippen LogP) is 2.42. The minimum Gasteiger partial charge on any atom is -0.357 e. The molecule has 2 aromatic heterocycles. The molecule has 0 spiro atoms. The summed E-state index contributed by atoms with van der Waals surface area (Å²) in [6, 6.07) is 5.43. The summed E-state index contributed by atoms with van der Waals surface area (Å²) < 4.78 is 0. The molecule has 0 radical (unpaired) electrons. The Morgan fingerprint density at radius 1 is 1.14 bits per heavy atom. The molecule has 0 aliphatic carbocycles. The van der Waals surface area contributed by atoms with Gasteiger partial charge in [0.15, 0.2) is 0 Å². The van der Waals surface area contributed by atoms with Crippen LogP contribution in [0.4, 0.5) is 11.6 Å². The van der Waals surface area contributed by atoms with Crippen molar-refractivity contribution in [1.29, 1.82) is 0 Å². The van der Waals surface area contributed by atoms with E-state index in [0.29, 0.717) is 11.5 Å². The second-order valence-corrected chi connectivity index (χ2v) is 5.48. The zero-order chi connectivity index (χ0) is 15.4. The number of carbonyl (C=O) groups excluding carboxylic acids is 1. The number of rotatable bonds is 3. The number of piperidine rings is 1. The quantitative estimate of drug-likeness (QED) is 0.942. The molecule has 1 amide bonds. The van der Waals surface area contributed by atoms with Crippen LogP contribution in [-0.2, 0) is 0 Å². The fourth-order valence-corrected chi connectivity index (χ4v) is 2.49. The van der Waals surface area contributed by atoms with Gasteiger partial charge in [0.2, 0.25) is 0 Å². The maximum atomic E-state index is 12.3. The summed E-state index contributed by atoms with van der Waals surface area (Å²) in [6.07, 6.45) is 6.75. The van der Waals surface area contributed by atoms with Crippen LogP contribution in [0.2, 0.25) is 0 Å². The normalized spacial score (nSPS) is 14.7. The first-order valence-electron chi connectivity index (χ1n) is 7.53. The third-order valence-corrected chi connectivity index (χ3v) is 3.72. The first kappa shape index (κ1) is 14.4. The molecule has 6 heteroatoms. The third-order valence-electron chi connectivity index (χ3n) is 3.72. The Labute approximate surface area is 129 Å². The highest BCUT2D eigenvalue weighted by Crippen LogP contribution is 2.17. The van der Waals surface area contributed by atoms with Crippen LogP contribution < -0.4 is 10.2 Å². The molecule has 1 aliphatic heterocycles. The average Bonchev–Trinajstić information content (AvgIpc) is 2.58. The minimum atomic E-state index is -0.267. The summed E-state index contributed by atoms with van der Waals surface area (Å²) in [6.45, 7) is 3.92. The zero-order valence-corrected chi connectivity index (χ0v) is 12.6. The number of carbonyl (C=O) groups is 1. The smallest absolute Gasteiger partial charge is 0.275 e. The molecule has 1 N–H and O–H groups in total. The molecule has 1 fully saturated rings. The monoisotopic (exact) mass is 297 g/mol. The van der Waals surface area contributed by atoms with Crippen LogP contribution in [0.3, 0.4) is 0 Å². The fourth-order valence-electron chi connectivity index (χ4n) is 2.49. The Kier molecular flexibility index (Phi) is 4.27. The number of nitrogens with one attached hydrogen (secondary N) is 1. The highest BCUT2D eigenvalue weighted by atomic mass is 16.1. The van der Waals surface area contributed by atoms with E-state index >= 15 is 0 Å². The molecular weight excluding hydrogens is 278 g/mol. The third kappa shape index (κ3) is 3.39. The second-order valence-electron chi connectivity index (χ2n) is 5.48. The average molecular weight is 297 g/mol. The first-order valence-corrected chi connectivity index (χ1v) is 7.53. The lowest BCUT2D eigenvalue weighted by Crippen LogP contribution is -2.30. The van der Waals surface area contributed by atoms with Crippen LogP contribution >= 0.6 is 0 Å². The van der Waals surface area contributed by atoms with E-state index in [2.05, 4.69) is 25.2 Å². The Morgan fingerprint density at radius 2 is 1.95 bits per heavy atom. The van der Waals surface area contributed by atoms with E-state index in [9.17, 15) is 4.79 Å². The molecule has 0 saturated carbocycles. The van der Waals surface area contributed by atoms with Gasteiger partial charge in [-0.05, 0) is 37.8 Å². The molecule has 0 unspecified atom stereocenters. The van der Waals surface area contributed by atoms with Gasteiger partial charge in [0.1, 0.15) is 23.7 Å². The zero-order valence-electron chi connectivity index (χ0n) is 12.6. The van der Waals surface area contributed by atoms with E-state index < -0.39 is 0 Å². The number of aryl methyl sites for hydroxylation is 1. The lowest BCUT2D eigenvalue weighted by atomic mass is 10.1. The van der Waals surface area contributed by atoms with Crippen molar-refractivity contribution >= 4 is 17.5 Å². The van der Waals surface area contributed by atoms with E-state index in [1.165, 1.54) is 25.6 Å². The maximum Gasteiger partial charge on any atom is 0.275 e. The Balaban J connectivity index is 1.73. The SMILES string of the molecule is Cc1ccc(NC(=O)c2cc(N3CCCCC3)ncn2)nc1. The van der Waals surface area contributed by atoms with E-state index in [0.717, 1.165) is 24.5 Å². The number of nitrogens with zero attached hydrogens (tertiary/aromatic N) is 4. The maximum absolute atomic E-state index is 12.3. The minimum absolute atomic E-state index is 0.267. The Morgan fingerprint density at radius 3 is 2.68 bits per heavy atom. The standard InChI is InChI=1S/C16H19N5O/c1-12-5-6-14(17-10-12)20-16(22)13-9-15(19-11-18-13)21-7-3-2-4-8-21/h5-6,9-11H,2-4,7-8H2,1H3,(H,17,20,22). The summed E-state index contributed by atoms with van der Waals surface area (Å²) in [5.74, 6) is 1.07. The molecule has 3 rings (SSSR count). The number of aromatic nitrogens is 3. The van der Waals surface area contributed by atoms with Gasteiger partial charge in [-0.15, -0.1) is 0 Å². The van der Waals surface area contributed by atoms with E-state index in [1.54, 1.807) is 18.3 Å². The van der Waals surface area contributed by atoms with Crippen molar-refractivity contribution in [3.8, 4) is 0 Å². The van der Waals surface area contributed by atoms with Crippen molar-refractivity contribution in [3.05, 3.63) is 42.0 Å². The lowest BCUT2D eigenvalue weighted by Gasteiger charge is -2.27. The molecule has 1 saturated heterocycles. The summed E-state index contributed by atoms with van der Waals surface area (Å²) in [7, 11) is 0. The molecule has 0 atom stereocenters. The van der Waals surface area contributed by atoms with Gasteiger partial charge in [-0.1, -0.05) is 6.07 Å². The molecule has 0 aromatic carbocycles. The number of hydrogen-bond acceptors (Lipinski definition) is 5. The van der Waals surface area contributed by atoms with E-state index in [4.69, 9.17) is 0 Å². The van der Waals surface area contributed by atoms with Crippen molar-refractivity contribution in [3.63, 3.8) is 0 Å². The molecular formula is C16H19N5O. The topological polar surface area (TPSA) is 71.0 Å². The number of amides is 1. The van der Waals surface area contributed by atoms with Crippen molar-refractivity contribution in [1.82, 2.24) is 15.0 Å². The van der Waals surface area contributed by atoms with Crippen LogP contribution in [0.15, 0.2) is 30.7 Å². The highest BCUT2D eigenvalue weighted by Gasteiger charge is 2.15. The van der Waals surface area contributed by atoms with E-state index in [1.807, 2.05) is 13.0 Å². The molecule has 114 valence electrons. The van der Waals surface area contributed by atoms with Gasteiger partial charge in [0, 0.05) is 25.4 Å². The summed E-state index contributed by atoms with van der Waals surface area (Å²) >= 11 is 0.